The SMILES string of the molecule is CCCCCCCCCCCCCCCC(=O)NCC[N+](C)(C)CCOCCOCCC(=O)NC[C@H]1NC(=O)[C@H](C)NC(=O)CCC(=O)N2CCCCCCn3cc(c4cc(F)ccc43)C[C@@H]3NC(=O)[C@H](Cc4cccc(c4)CNC(=O)CO[C@H]4CCN(C3=O)[C@@H]4C(=O)N[C@@H]([C@@H](C)O)C(=O)N[C@@H](Cc3ccc(OC)cc3)C(=O)N3CCC[C@@]3(C)C(=O)NCCc3ccc(cc3)C2)NC1=O. The standard InChI is InChI=1S/C100H144FN15O18/c1-8-9-10-11-12-13-14-15-16-17-18-19-22-29-85(118)102-47-52-116(5,6)53-55-133-57-56-132-54-44-86(119)105-64-82-94(125)107-79-60-73-27-25-28-74(58-73)63-104-88(121)67-134-84-43-51-114-91(84)96(127)111-90(69(3)117)95(126)109-80(59-71-34-37-77(131-7)38-35-71)98(129)115-50-26-45-100(115,4)99(130)103-46-42-70-30-32-72(33-31-70)65-113(89(122)41-40-87(120)106-68(2)92(123)110-82)49-24-21-20-23-48-112-66-75(61-81(97(114)128)108-93(79)124)78-62-76(101)36-39-83(78)112/h25,27-28,30-39,58,62,66,68-69,79-82,84,90-91,117H,8-24,26,29,40-57,59-61,63-65,67H2,1-7H3,(H9-,102,103,104,105,106,107,108,109,110,111,118,119,120,121,123,124,125,126,127,130)/p+1/t68-,69+,79-,80-,81-,82+,84-,90-,91-,100-/m0/s1. The molecule has 7 heterocycles. The monoisotopic (exact) mass is 1860 g/mol. The van der Waals surface area contributed by atoms with Crippen LogP contribution in [0.2, 0.25) is 0 Å². The van der Waals surface area contributed by atoms with Crippen LogP contribution in [0.25, 0.3) is 10.9 Å². The Balaban J connectivity index is 0.920. The fourth-order valence-electron chi connectivity index (χ4n) is 18.1. The molecule has 0 aliphatic carbocycles. The second-order valence-corrected chi connectivity index (χ2v) is 37.4. The Morgan fingerprint density at radius 3 is 2.00 bits per heavy atom. The van der Waals surface area contributed by atoms with Crippen LogP contribution in [0.15, 0.2) is 97.2 Å². The van der Waals surface area contributed by atoms with E-state index in [9.17, 15) is 38.7 Å². The van der Waals surface area contributed by atoms with Gasteiger partial charge < -0.3 is 101 Å². The van der Waals surface area contributed by atoms with Crippen molar-refractivity contribution < 1.29 is 95.3 Å². The van der Waals surface area contributed by atoms with Gasteiger partial charge in [-0.3, -0.25) is 62.3 Å². The van der Waals surface area contributed by atoms with Gasteiger partial charge in [0.15, 0.2) is 0 Å². The fourth-order valence-corrected chi connectivity index (χ4v) is 18.1. The Morgan fingerprint density at radius 2 is 1.28 bits per heavy atom. The third-order valence-corrected chi connectivity index (χ3v) is 26.2. The van der Waals surface area contributed by atoms with Gasteiger partial charge in [-0.05, 0) is 129 Å². The van der Waals surface area contributed by atoms with Crippen molar-refractivity contribution in [2.24, 2.45) is 0 Å². The zero-order valence-corrected chi connectivity index (χ0v) is 79.5. The number of unbranched alkanes of at least 4 members (excludes halogenated alkanes) is 12. The molecule has 11 N–H and O–H groups in total. The molecule has 12 bridgehead atoms. The number of likely N-dealkylation sites (N-methyl/N-ethyl adjacent to an activating group) is 1. The first-order chi connectivity index (χ1) is 64.5. The number of benzene rings is 4. The van der Waals surface area contributed by atoms with Crippen LogP contribution in [0, 0.1) is 5.82 Å². The second-order valence-electron chi connectivity index (χ2n) is 37.4. The van der Waals surface area contributed by atoms with Crippen LogP contribution in [0.5, 0.6) is 5.75 Å². The molecule has 33 nitrogen and oxygen atoms in total. The van der Waals surface area contributed by atoms with E-state index in [4.69, 9.17) is 18.9 Å². The van der Waals surface area contributed by atoms with E-state index in [2.05, 4.69) is 74.2 Å². The number of amides is 13. The number of fused-ring (bicyclic) bond motifs is 16. The van der Waals surface area contributed by atoms with E-state index in [1.807, 2.05) is 28.8 Å². The van der Waals surface area contributed by atoms with Gasteiger partial charge in [0.1, 0.15) is 72.6 Å². The summed E-state index contributed by atoms with van der Waals surface area (Å²) in [6.07, 6.45) is 17.0. The number of aromatic nitrogens is 1. The van der Waals surface area contributed by atoms with Crippen LogP contribution in [0.4, 0.5) is 4.39 Å². The lowest BCUT2D eigenvalue weighted by atomic mass is 9.95. The van der Waals surface area contributed by atoms with Crippen LogP contribution in [0.3, 0.4) is 0 Å². The highest BCUT2D eigenvalue weighted by Gasteiger charge is 2.50. The molecular formula is C100H145FN15O18+. The lowest BCUT2D eigenvalue weighted by Gasteiger charge is -2.37. The summed E-state index contributed by atoms with van der Waals surface area (Å²) < 4.78 is 41.9. The lowest BCUT2D eigenvalue weighted by molar-refractivity contribution is -0.889. The largest absolute Gasteiger partial charge is 0.497 e. The minimum Gasteiger partial charge on any atom is -0.497 e. The summed E-state index contributed by atoms with van der Waals surface area (Å²) >= 11 is 0. The van der Waals surface area contributed by atoms with Gasteiger partial charge >= 0.3 is 0 Å². The van der Waals surface area contributed by atoms with E-state index >= 15 is 33.2 Å². The Hall–Kier alpha value is -10.9. The number of hydrogen-bond acceptors (Lipinski definition) is 18. The van der Waals surface area contributed by atoms with Crippen LogP contribution in [-0.4, -0.2) is 272 Å². The maximum Gasteiger partial charge on any atom is 0.246 e. The number of hydrogen-bond donors (Lipinski definition) is 11. The summed E-state index contributed by atoms with van der Waals surface area (Å²) in [4.78, 5) is 197. The number of aliphatic hydroxyl groups excluding tert-OH is 1. The number of carbonyl (C=O) groups excluding carboxylic acids is 13. The third-order valence-electron chi connectivity index (χ3n) is 26.2. The highest BCUT2D eigenvalue weighted by molar-refractivity contribution is 6.00. The van der Waals surface area contributed by atoms with Crippen molar-refractivity contribution in [3.8, 4) is 5.75 Å². The molecule has 34 heteroatoms. The van der Waals surface area contributed by atoms with Gasteiger partial charge in [0.05, 0.1) is 72.9 Å². The van der Waals surface area contributed by atoms with E-state index in [-0.39, 0.29) is 116 Å². The van der Waals surface area contributed by atoms with E-state index in [0.29, 0.717) is 121 Å². The fraction of sp³-hybridized carbons (Fsp3) is 0.610. The predicted molar refractivity (Wildman–Crippen MR) is 503 cm³/mol. The van der Waals surface area contributed by atoms with Crippen LogP contribution in [0.1, 0.15) is 215 Å². The zero-order chi connectivity index (χ0) is 96.1. The number of nitrogens with zero attached hydrogens (tertiary/aromatic N) is 5. The number of ether oxygens (including phenoxy) is 4. The molecule has 2 fully saturated rings. The number of rotatable bonds is 32. The Kier molecular flexibility index (Phi) is 41.9. The summed E-state index contributed by atoms with van der Waals surface area (Å²) in [5.74, 6) is -9.38. The first-order valence-corrected chi connectivity index (χ1v) is 48.6. The van der Waals surface area contributed by atoms with E-state index < -0.39 is 150 Å². The van der Waals surface area contributed by atoms with Gasteiger partial charge in [-0.15, -0.1) is 0 Å². The summed E-state index contributed by atoms with van der Waals surface area (Å²) in [5.41, 5.74) is 2.64. The van der Waals surface area contributed by atoms with Crippen molar-refractivity contribution in [3.63, 3.8) is 0 Å². The number of halogens is 1. The van der Waals surface area contributed by atoms with Gasteiger partial charge in [-0.2, -0.15) is 0 Å². The van der Waals surface area contributed by atoms with Gasteiger partial charge in [-0.25, -0.2) is 4.39 Å². The third kappa shape index (κ3) is 32.7. The van der Waals surface area contributed by atoms with Gasteiger partial charge in [0, 0.05) is 114 Å². The number of carbonyl (C=O) groups is 13. The molecule has 0 radical (unpaired) electrons. The van der Waals surface area contributed by atoms with E-state index in [1.165, 1.54) is 102 Å². The normalized spacial score (nSPS) is 22.7. The molecule has 6 aliphatic heterocycles. The van der Waals surface area contributed by atoms with E-state index in [0.717, 1.165) is 35.3 Å². The molecule has 11 rings (SSSR count). The first kappa shape index (κ1) is 105. The summed E-state index contributed by atoms with van der Waals surface area (Å²) in [7, 11) is 5.62. The molecule has 13 amide bonds. The molecule has 0 unspecified atom stereocenters. The summed E-state index contributed by atoms with van der Waals surface area (Å²) in [6, 6.07) is 13.7. The van der Waals surface area contributed by atoms with Crippen molar-refractivity contribution in [3.05, 3.63) is 136 Å². The first-order valence-electron chi connectivity index (χ1n) is 48.6. The highest BCUT2D eigenvalue weighted by Crippen LogP contribution is 2.33. The van der Waals surface area contributed by atoms with Crippen molar-refractivity contribution in [1.29, 1.82) is 0 Å². The number of nitrogens with one attached hydrogen (secondary N) is 10. The molecule has 0 saturated carbocycles. The molecule has 2 saturated heterocycles. The highest BCUT2D eigenvalue weighted by atomic mass is 19.1. The Bertz CT molecular complexity index is 4740. The minimum absolute atomic E-state index is 0.0596. The number of aliphatic hydroxyl groups is 1. The second kappa shape index (κ2) is 53.4. The van der Waals surface area contributed by atoms with Crippen LogP contribution >= 0.6 is 0 Å². The Morgan fingerprint density at radius 1 is 0.612 bits per heavy atom. The maximum absolute atomic E-state index is 16.4. The molecule has 134 heavy (non-hydrogen) atoms. The van der Waals surface area contributed by atoms with Gasteiger partial charge in [0.2, 0.25) is 76.8 Å². The molecule has 5 aromatic rings. The molecule has 4 aromatic carbocycles. The van der Waals surface area contributed by atoms with Gasteiger partial charge in [-0.1, -0.05) is 157 Å². The quantitative estimate of drug-likeness (QED) is 0.0164. The topological polar surface area (TPSA) is 414 Å². The van der Waals surface area contributed by atoms with Crippen LogP contribution < -0.4 is 57.9 Å². The number of aryl methyl sites for hydroxylation is 1. The number of methoxy groups -OCH3 is 1. The minimum atomic E-state index is -1.87. The lowest BCUT2D eigenvalue weighted by Crippen LogP contribution is -2.64. The molecule has 734 valence electrons. The average molecular weight is 1860 g/mol. The van der Waals surface area contributed by atoms with E-state index in [1.54, 1.807) is 72.6 Å². The molecule has 0 spiro atoms. The smallest absolute Gasteiger partial charge is 0.246 e. The predicted octanol–water partition coefficient (Wildman–Crippen LogP) is 6.39. The molecular weight excluding hydrogens is 1720 g/mol. The summed E-state index contributed by atoms with van der Waals surface area (Å²) in [6.45, 7) is 8.54. The van der Waals surface area contributed by atoms with Gasteiger partial charge in [0.25, 0.3) is 0 Å². The van der Waals surface area contributed by atoms with Crippen molar-refractivity contribution in [1.82, 2.24) is 72.4 Å². The van der Waals surface area contributed by atoms with Crippen molar-refractivity contribution in [2.45, 2.75) is 287 Å². The molecule has 1 aromatic heterocycles. The van der Waals surface area contributed by atoms with Crippen molar-refractivity contribution in [2.75, 3.05) is 107 Å². The number of quaternary nitrogens is 1. The maximum atomic E-state index is 16.4. The molecule has 6 aliphatic rings. The van der Waals surface area contributed by atoms with Crippen molar-refractivity contribution >= 4 is 87.7 Å². The summed E-state index contributed by atoms with van der Waals surface area (Å²) in [5, 5.41) is 40.2. The zero-order valence-electron chi connectivity index (χ0n) is 79.5. The Labute approximate surface area is 787 Å². The molecule has 10 atom stereocenters. The van der Waals surface area contributed by atoms with Crippen LogP contribution in [-0.2, 0) is 122 Å². The average Bonchev–Trinajstić information content (AvgIpc) is 1.61.